The van der Waals surface area contributed by atoms with Gasteiger partial charge in [-0.05, 0) is 24.6 Å². The Hall–Kier alpha value is -2.88. The van der Waals surface area contributed by atoms with Crippen molar-refractivity contribution >= 4 is 16.8 Å². The summed E-state index contributed by atoms with van der Waals surface area (Å²) in [6.45, 7) is 1.96. The minimum atomic E-state index is -0.128. The molecule has 3 aromatic rings. The maximum Gasteiger partial charge on any atom is 0.224 e. The number of hydrogen-bond acceptors (Lipinski definition) is 3. The Balaban J connectivity index is 1.75. The lowest BCUT2D eigenvalue weighted by Gasteiger charge is -2.17. The van der Waals surface area contributed by atoms with Crippen molar-refractivity contribution in [2.75, 3.05) is 7.11 Å². The number of rotatable bonds is 5. The number of aromatic nitrogens is 1. The van der Waals surface area contributed by atoms with Gasteiger partial charge in [0.25, 0.3) is 0 Å². The van der Waals surface area contributed by atoms with Gasteiger partial charge in [0.1, 0.15) is 5.75 Å². The lowest BCUT2D eigenvalue weighted by Crippen LogP contribution is -2.28. The van der Waals surface area contributed by atoms with Crippen molar-refractivity contribution in [1.82, 2.24) is 10.3 Å². The quantitative estimate of drug-likeness (QED) is 0.780. The zero-order valence-electron chi connectivity index (χ0n) is 13.8. The van der Waals surface area contributed by atoms with Gasteiger partial charge in [-0.3, -0.25) is 9.78 Å². The number of benzene rings is 2. The maximum absolute atomic E-state index is 12.5. The van der Waals surface area contributed by atoms with E-state index in [-0.39, 0.29) is 11.9 Å². The SMILES string of the molecule is COc1ccccc1C(C)NC(=O)Cc1cccc2cccnc12. The fourth-order valence-corrected chi connectivity index (χ4v) is 2.88. The highest BCUT2D eigenvalue weighted by Crippen LogP contribution is 2.24. The van der Waals surface area contributed by atoms with Crippen LogP contribution < -0.4 is 10.1 Å². The van der Waals surface area contributed by atoms with Crippen LogP contribution in [0.25, 0.3) is 10.9 Å². The number of nitrogens with one attached hydrogen (secondary N) is 1. The number of para-hydroxylation sites is 2. The smallest absolute Gasteiger partial charge is 0.224 e. The predicted octanol–water partition coefficient (Wildman–Crippen LogP) is 3.66. The van der Waals surface area contributed by atoms with E-state index in [4.69, 9.17) is 4.74 Å². The fraction of sp³-hybridized carbons (Fsp3) is 0.200. The van der Waals surface area contributed by atoms with Gasteiger partial charge in [0.05, 0.1) is 25.1 Å². The van der Waals surface area contributed by atoms with Crippen molar-refractivity contribution < 1.29 is 9.53 Å². The average Bonchev–Trinajstić information content (AvgIpc) is 2.62. The summed E-state index contributed by atoms with van der Waals surface area (Å²) in [6.07, 6.45) is 2.05. The third-order valence-electron chi connectivity index (χ3n) is 4.05. The van der Waals surface area contributed by atoms with Gasteiger partial charge in [0, 0.05) is 17.1 Å². The third kappa shape index (κ3) is 3.38. The van der Waals surface area contributed by atoms with Crippen LogP contribution in [0.1, 0.15) is 24.1 Å². The molecule has 1 unspecified atom stereocenters. The second kappa shape index (κ2) is 7.13. The zero-order chi connectivity index (χ0) is 16.9. The summed E-state index contributed by atoms with van der Waals surface area (Å²) < 4.78 is 5.36. The van der Waals surface area contributed by atoms with Crippen molar-refractivity contribution in [1.29, 1.82) is 0 Å². The van der Waals surface area contributed by atoms with E-state index in [1.807, 2.05) is 61.5 Å². The van der Waals surface area contributed by atoms with Crippen LogP contribution in [0, 0.1) is 0 Å². The normalized spacial score (nSPS) is 11.9. The van der Waals surface area contributed by atoms with Gasteiger partial charge in [-0.25, -0.2) is 0 Å². The molecule has 0 aliphatic carbocycles. The number of carbonyl (C=O) groups excluding carboxylic acids is 1. The van der Waals surface area contributed by atoms with Crippen molar-refractivity contribution in [3.8, 4) is 5.75 Å². The highest BCUT2D eigenvalue weighted by molar-refractivity contribution is 5.87. The first kappa shape index (κ1) is 16.0. The molecule has 1 amide bonds. The molecular weight excluding hydrogens is 300 g/mol. The molecule has 1 atom stereocenters. The number of carbonyl (C=O) groups is 1. The molecule has 2 aromatic carbocycles. The Morgan fingerprint density at radius 1 is 1.12 bits per heavy atom. The van der Waals surface area contributed by atoms with Crippen LogP contribution in [0.15, 0.2) is 60.8 Å². The summed E-state index contributed by atoms with van der Waals surface area (Å²) in [5.74, 6) is 0.740. The molecule has 0 spiro atoms. The van der Waals surface area contributed by atoms with Crippen molar-refractivity contribution in [3.63, 3.8) is 0 Å². The summed E-state index contributed by atoms with van der Waals surface area (Å²) in [6, 6.07) is 17.4. The molecule has 1 heterocycles. The number of nitrogens with zero attached hydrogens (tertiary/aromatic N) is 1. The van der Waals surface area contributed by atoms with Crippen LogP contribution in [0.4, 0.5) is 0 Å². The van der Waals surface area contributed by atoms with E-state index in [9.17, 15) is 4.79 Å². The van der Waals surface area contributed by atoms with Gasteiger partial charge in [-0.1, -0.05) is 42.5 Å². The number of pyridine rings is 1. The minimum Gasteiger partial charge on any atom is -0.496 e. The summed E-state index contributed by atoms with van der Waals surface area (Å²) >= 11 is 0. The standard InChI is InChI=1S/C20H20N2O2/c1-14(17-10-3-4-11-18(17)24-2)22-19(23)13-16-8-5-7-15-9-6-12-21-20(15)16/h3-12,14H,13H2,1-2H3,(H,22,23). The number of ether oxygens (including phenoxy) is 1. The van der Waals surface area contributed by atoms with E-state index in [0.717, 1.165) is 27.8 Å². The van der Waals surface area contributed by atoms with Crippen LogP contribution in [0.2, 0.25) is 0 Å². The van der Waals surface area contributed by atoms with E-state index in [1.54, 1.807) is 13.3 Å². The topological polar surface area (TPSA) is 51.2 Å². The number of amides is 1. The highest BCUT2D eigenvalue weighted by atomic mass is 16.5. The molecule has 0 saturated heterocycles. The predicted molar refractivity (Wildman–Crippen MR) is 95.0 cm³/mol. The van der Waals surface area contributed by atoms with Crippen LogP contribution in [-0.4, -0.2) is 18.0 Å². The van der Waals surface area contributed by atoms with Gasteiger partial charge in [-0.15, -0.1) is 0 Å². The Labute approximate surface area is 141 Å². The molecule has 3 rings (SSSR count). The molecule has 4 nitrogen and oxygen atoms in total. The van der Waals surface area contributed by atoms with Crippen LogP contribution in [-0.2, 0) is 11.2 Å². The van der Waals surface area contributed by atoms with Crippen LogP contribution in [0.3, 0.4) is 0 Å². The van der Waals surface area contributed by atoms with Gasteiger partial charge in [0.2, 0.25) is 5.91 Å². The zero-order valence-corrected chi connectivity index (χ0v) is 13.8. The molecule has 1 aromatic heterocycles. The highest BCUT2D eigenvalue weighted by Gasteiger charge is 2.14. The molecule has 0 fully saturated rings. The Bertz CT molecular complexity index is 856. The van der Waals surface area contributed by atoms with Gasteiger partial charge >= 0.3 is 0 Å². The molecule has 0 aliphatic rings. The van der Waals surface area contributed by atoms with Crippen LogP contribution >= 0.6 is 0 Å². The van der Waals surface area contributed by atoms with E-state index >= 15 is 0 Å². The first-order chi connectivity index (χ1) is 11.7. The molecule has 4 heteroatoms. The van der Waals surface area contributed by atoms with Gasteiger partial charge in [-0.2, -0.15) is 0 Å². The largest absolute Gasteiger partial charge is 0.496 e. The summed E-state index contributed by atoms with van der Waals surface area (Å²) in [7, 11) is 1.63. The van der Waals surface area contributed by atoms with Crippen molar-refractivity contribution in [2.24, 2.45) is 0 Å². The number of hydrogen-bond donors (Lipinski definition) is 1. The Morgan fingerprint density at radius 2 is 1.92 bits per heavy atom. The Morgan fingerprint density at radius 3 is 2.75 bits per heavy atom. The molecule has 0 aliphatic heterocycles. The lowest BCUT2D eigenvalue weighted by atomic mass is 10.0. The van der Waals surface area contributed by atoms with E-state index in [2.05, 4.69) is 10.3 Å². The van der Waals surface area contributed by atoms with E-state index in [0.29, 0.717) is 6.42 Å². The monoisotopic (exact) mass is 320 g/mol. The number of fused-ring (bicyclic) bond motifs is 1. The van der Waals surface area contributed by atoms with Crippen molar-refractivity contribution in [2.45, 2.75) is 19.4 Å². The van der Waals surface area contributed by atoms with Gasteiger partial charge in [0.15, 0.2) is 0 Å². The van der Waals surface area contributed by atoms with Crippen molar-refractivity contribution in [3.05, 3.63) is 71.9 Å². The summed E-state index contributed by atoms with van der Waals surface area (Å²) in [5, 5.41) is 4.08. The summed E-state index contributed by atoms with van der Waals surface area (Å²) in [5.41, 5.74) is 2.77. The minimum absolute atomic E-state index is 0.0356. The van der Waals surface area contributed by atoms with E-state index < -0.39 is 0 Å². The molecule has 122 valence electrons. The molecule has 0 bridgehead atoms. The molecule has 0 radical (unpaired) electrons. The number of methoxy groups -OCH3 is 1. The first-order valence-corrected chi connectivity index (χ1v) is 7.94. The molecule has 1 N–H and O–H groups in total. The van der Waals surface area contributed by atoms with Gasteiger partial charge < -0.3 is 10.1 Å². The average molecular weight is 320 g/mol. The summed E-state index contributed by atoms with van der Waals surface area (Å²) in [4.78, 5) is 16.9. The molecule has 24 heavy (non-hydrogen) atoms. The first-order valence-electron chi connectivity index (χ1n) is 7.94. The van der Waals surface area contributed by atoms with Crippen LogP contribution in [0.5, 0.6) is 5.75 Å². The third-order valence-corrected chi connectivity index (χ3v) is 4.05. The molecular formula is C20H20N2O2. The Kier molecular flexibility index (Phi) is 4.75. The maximum atomic E-state index is 12.5. The second-order valence-corrected chi connectivity index (χ2v) is 5.70. The lowest BCUT2D eigenvalue weighted by molar-refractivity contribution is -0.121. The molecule has 0 saturated carbocycles. The second-order valence-electron chi connectivity index (χ2n) is 5.70. The van der Waals surface area contributed by atoms with E-state index in [1.165, 1.54) is 0 Å². The fourth-order valence-electron chi connectivity index (χ4n) is 2.88.